The molecular formula is C9H7BrN2O2. The Morgan fingerprint density at radius 3 is 3.14 bits per heavy atom. The summed E-state index contributed by atoms with van der Waals surface area (Å²) in [5.41, 5.74) is 1.36. The Morgan fingerprint density at radius 2 is 2.43 bits per heavy atom. The molecular weight excluding hydrogens is 248 g/mol. The highest BCUT2D eigenvalue weighted by Crippen LogP contribution is 2.20. The van der Waals surface area contributed by atoms with E-state index >= 15 is 0 Å². The van der Waals surface area contributed by atoms with Gasteiger partial charge in [0.1, 0.15) is 4.60 Å². The van der Waals surface area contributed by atoms with Gasteiger partial charge in [-0.25, -0.2) is 9.78 Å². The molecule has 0 aliphatic heterocycles. The number of halogens is 1. The summed E-state index contributed by atoms with van der Waals surface area (Å²) in [7, 11) is 1.35. The van der Waals surface area contributed by atoms with E-state index in [0.29, 0.717) is 5.56 Å². The normalized spacial score (nSPS) is 10.4. The summed E-state index contributed by atoms with van der Waals surface area (Å²) in [6, 6.07) is 1.81. The maximum absolute atomic E-state index is 11.3. The molecule has 2 rings (SSSR count). The van der Waals surface area contributed by atoms with Crippen LogP contribution in [-0.4, -0.2) is 23.0 Å². The van der Waals surface area contributed by atoms with Gasteiger partial charge in [-0.1, -0.05) is 0 Å². The summed E-state index contributed by atoms with van der Waals surface area (Å²) in [5, 5.41) is 0.764. The molecule has 14 heavy (non-hydrogen) atoms. The number of hydrogen-bond donors (Lipinski definition) is 1. The number of nitrogens with one attached hydrogen (secondary N) is 1. The van der Waals surface area contributed by atoms with Crippen molar-refractivity contribution in [3.05, 3.63) is 28.6 Å². The van der Waals surface area contributed by atoms with Crippen LogP contribution in [0.5, 0.6) is 0 Å². The molecule has 0 fully saturated rings. The smallest absolute Gasteiger partial charge is 0.340 e. The van der Waals surface area contributed by atoms with Crippen molar-refractivity contribution in [1.82, 2.24) is 9.97 Å². The Bertz CT molecular complexity index is 493. The van der Waals surface area contributed by atoms with Gasteiger partial charge in [-0.3, -0.25) is 0 Å². The zero-order valence-electron chi connectivity index (χ0n) is 7.37. The monoisotopic (exact) mass is 254 g/mol. The van der Waals surface area contributed by atoms with E-state index in [1.54, 1.807) is 12.4 Å². The maximum Gasteiger partial charge on any atom is 0.340 e. The predicted octanol–water partition coefficient (Wildman–Crippen LogP) is 2.11. The van der Waals surface area contributed by atoms with Crippen LogP contribution >= 0.6 is 15.9 Å². The minimum absolute atomic E-state index is 0.361. The molecule has 1 N–H and O–H groups in total. The van der Waals surface area contributed by atoms with Gasteiger partial charge in [-0.2, -0.15) is 0 Å². The van der Waals surface area contributed by atoms with Crippen LogP contribution in [0.2, 0.25) is 0 Å². The SMILES string of the molecule is COC(=O)c1c[nH]c2cc(Br)ncc12. The third kappa shape index (κ3) is 1.39. The minimum Gasteiger partial charge on any atom is -0.465 e. The number of ether oxygens (including phenoxy) is 1. The highest BCUT2D eigenvalue weighted by molar-refractivity contribution is 9.10. The summed E-state index contributed by atoms with van der Waals surface area (Å²) in [6.45, 7) is 0. The Kier molecular flexibility index (Phi) is 2.25. The van der Waals surface area contributed by atoms with Crippen LogP contribution in [0, 0.1) is 0 Å². The van der Waals surface area contributed by atoms with Gasteiger partial charge < -0.3 is 9.72 Å². The van der Waals surface area contributed by atoms with Crippen LogP contribution < -0.4 is 0 Å². The van der Waals surface area contributed by atoms with Crippen molar-refractivity contribution < 1.29 is 9.53 Å². The van der Waals surface area contributed by atoms with Crippen molar-refractivity contribution in [2.75, 3.05) is 7.11 Å². The Hall–Kier alpha value is -1.36. The van der Waals surface area contributed by atoms with Crippen molar-refractivity contribution in [2.45, 2.75) is 0 Å². The van der Waals surface area contributed by atoms with Crippen molar-refractivity contribution in [3.8, 4) is 0 Å². The number of nitrogens with zero attached hydrogens (tertiary/aromatic N) is 1. The third-order valence-corrected chi connectivity index (χ3v) is 2.37. The van der Waals surface area contributed by atoms with Crippen molar-refractivity contribution in [3.63, 3.8) is 0 Å². The van der Waals surface area contributed by atoms with Crippen LogP contribution in [0.25, 0.3) is 10.9 Å². The number of aromatic nitrogens is 2. The fourth-order valence-corrected chi connectivity index (χ4v) is 1.60. The molecule has 0 unspecified atom stereocenters. The standard InChI is InChI=1S/C9H7BrN2O2/c1-14-9(13)6-4-11-7-2-8(10)12-3-5(6)7/h2-4,11H,1H3. The van der Waals surface area contributed by atoms with E-state index in [1.807, 2.05) is 6.07 Å². The van der Waals surface area contributed by atoms with E-state index in [4.69, 9.17) is 0 Å². The number of pyridine rings is 1. The zero-order chi connectivity index (χ0) is 10.1. The average Bonchev–Trinajstić information content (AvgIpc) is 2.59. The number of fused-ring (bicyclic) bond motifs is 1. The first-order valence-electron chi connectivity index (χ1n) is 3.93. The van der Waals surface area contributed by atoms with Crippen molar-refractivity contribution in [1.29, 1.82) is 0 Å². The summed E-state index contributed by atoms with van der Waals surface area (Å²) in [5.74, 6) is -0.361. The molecule has 0 spiro atoms. The molecule has 2 heterocycles. The lowest BCUT2D eigenvalue weighted by Crippen LogP contribution is -1.99. The zero-order valence-corrected chi connectivity index (χ0v) is 8.96. The molecule has 72 valence electrons. The van der Waals surface area contributed by atoms with E-state index < -0.39 is 0 Å². The first-order valence-corrected chi connectivity index (χ1v) is 4.72. The molecule has 5 heteroatoms. The maximum atomic E-state index is 11.3. The molecule has 0 saturated carbocycles. The molecule has 0 amide bonds. The minimum atomic E-state index is -0.361. The average molecular weight is 255 g/mol. The molecule has 0 aliphatic rings. The number of rotatable bonds is 1. The van der Waals surface area contributed by atoms with E-state index in [1.165, 1.54) is 7.11 Å². The molecule has 4 nitrogen and oxygen atoms in total. The number of carbonyl (C=O) groups excluding carboxylic acids is 1. The lowest BCUT2D eigenvalue weighted by atomic mass is 10.2. The predicted molar refractivity (Wildman–Crippen MR) is 55.1 cm³/mol. The molecule has 0 aliphatic carbocycles. The second-order valence-electron chi connectivity index (χ2n) is 2.75. The first kappa shape index (κ1) is 9.21. The van der Waals surface area contributed by atoms with Crippen LogP contribution in [0.3, 0.4) is 0 Å². The number of esters is 1. The van der Waals surface area contributed by atoms with Gasteiger partial charge in [0.25, 0.3) is 0 Å². The van der Waals surface area contributed by atoms with Gasteiger partial charge in [0.2, 0.25) is 0 Å². The van der Waals surface area contributed by atoms with Gasteiger partial charge in [0.15, 0.2) is 0 Å². The third-order valence-electron chi connectivity index (χ3n) is 1.94. The highest BCUT2D eigenvalue weighted by atomic mass is 79.9. The fraction of sp³-hybridized carbons (Fsp3) is 0.111. The highest BCUT2D eigenvalue weighted by Gasteiger charge is 2.12. The first-order chi connectivity index (χ1) is 6.72. The van der Waals surface area contributed by atoms with E-state index in [2.05, 4.69) is 30.6 Å². The molecule has 0 saturated heterocycles. The second kappa shape index (κ2) is 3.42. The van der Waals surface area contributed by atoms with Gasteiger partial charge in [-0.15, -0.1) is 0 Å². The van der Waals surface area contributed by atoms with Crippen LogP contribution in [-0.2, 0) is 4.74 Å². The number of carbonyl (C=O) groups is 1. The van der Waals surface area contributed by atoms with E-state index in [-0.39, 0.29) is 5.97 Å². The lowest BCUT2D eigenvalue weighted by Gasteiger charge is -1.95. The lowest BCUT2D eigenvalue weighted by molar-refractivity contribution is 0.0603. The number of hydrogen-bond acceptors (Lipinski definition) is 3. The summed E-state index contributed by atoms with van der Waals surface area (Å²) in [4.78, 5) is 18.3. The molecule has 2 aromatic rings. The molecule has 0 radical (unpaired) electrons. The Labute approximate surface area is 88.4 Å². The Morgan fingerprint density at radius 1 is 1.64 bits per heavy atom. The van der Waals surface area contributed by atoms with Gasteiger partial charge in [0.05, 0.1) is 18.2 Å². The number of methoxy groups -OCH3 is 1. The van der Waals surface area contributed by atoms with Crippen LogP contribution in [0.15, 0.2) is 23.1 Å². The van der Waals surface area contributed by atoms with Gasteiger partial charge >= 0.3 is 5.97 Å². The molecule has 0 bridgehead atoms. The van der Waals surface area contributed by atoms with Gasteiger partial charge in [0, 0.05) is 17.8 Å². The largest absolute Gasteiger partial charge is 0.465 e. The molecule has 2 aromatic heterocycles. The molecule has 0 atom stereocenters. The fourth-order valence-electron chi connectivity index (χ4n) is 1.27. The summed E-state index contributed by atoms with van der Waals surface area (Å²) < 4.78 is 5.36. The Balaban J connectivity index is 2.64. The van der Waals surface area contributed by atoms with Crippen molar-refractivity contribution >= 4 is 32.8 Å². The van der Waals surface area contributed by atoms with E-state index in [9.17, 15) is 4.79 Å². The second-order valence-corrected chi connectivity index (χ2v) is 3.56. The summed E-state index contributed by atoms with van der Waals surface area (Å²) >= 11 is 3.25. The van der Waals surface area contributed by atoms with E-state index in [0.717, 1.165) is 15.5 Å². The number of H-pyrrole nitrogens is 1. The summed E-state index contributed by atoms with van der Waals surface area (Å²) in [6.07, 6.45) is 3.24. The molecule has 0 aromatic carbocycles. The number of aromatic amines is 1. The van der Waals surface area contributed by atoms with Crippen LogP contribution in [0.4, 0.5) is 0 Å². The van der Waals surface area contributed by atoms with Crippen LogP contribution in [0.1, 0.15) is 10.4 Å². The topological polar surface area (TPSA) is 55.0 Å². The quantitative estimate of drug-likeness (QED) is 0.627. The van der Waals surface area contributed by atoms with Gasteiger partial charge in [-0.05, 0) is 22.0 Å². The van der Waals surface area contributed by atoms with Crippen molar-refractivity contribution in [2.24, 2.45) is 0 Å².